The summed E-state index contributed by atoms with van der Waals surface area (Å²) in [6.45, 7) is 6.60. The molecule has 1 aliphatic heterocycles. The van der Waals surface area contributed by atoms with Gasteiger partial charge < -0.3 is 10.1 Å². The summed E-state index contributed by atoms with van der Waals surface area (Å²) in [6, 6.07) is 5.62. The molecular formula is C15H21ClN2O2S. The summed E-state index contributed by atoms with van der Waals surface area (Å²) < 4.78 is 5.31. The number of thioether (sulfide) groups is 1. The molecule has 0 aromatic heterocycles. The van der Waals surface area contributed by atoms with Crippen molar-refractivity contribution in [2.24, 2.45) is 0 Å². The maximum absolute atomic E-state index is 11.9. The second-order valence-electron chi connectivity index (χ2n) is 5.04. The number of nitrogens with zero attached hydrogens (tertiary/aromatic N) is 1. The Bertz CT molecular complexity index is 479. The number of morpholine rings is 1. The Hall–Kier alpha value is -0.750. The van der Waals surface area contributed by atoms with Gasteiger partial charge in [0, 0.05) is 25.4 Å². The van der Waals surface area contributed by atoms with Crippen LogP contribution in [0.2, 0.25) is 5.02 Å². The molecule has 0 bridgehead atoms. The van der Waals surface area contributed by atoms with Crippen LogP contribution < -0.4 is 5.32 Å². The van der Waals surface area contributed by atoms with Gasteiger partial charge in [-0.1, -0.05) is 17.7 Å². The molecule has 6 heteroatoms. The van der Waals surface area contributed by atoms with E-state index in [1.54, 1.807) is 17.8 Å². The third-order valence-corrected chi connectivity index (χ3v) is 4.55. The Morgan fingerprint density at radius 1 is 1.43 bits per heavy atom. The highest BCUT2D eigenvalue weighted by atomic mass is 35.5. The van der Waals surface area contributed by atoms with Gasteiger partial charge in [0.05, 0.1) is 29.7 Å². The number of halogens is 1. The van der Waals surface area contributed by atoms with Crippen molar-refractivity contribution in [3.8, 4) is 0 Å². The Morgan fingerprint density at radius 2 is 2.19 bits per heavy atom. The number of hydrogen-bond donors (Lipinski definition) is 1. The van der Waals surface area contributed by atoms with Crippen LogP contribution in [0.25, 0.3) is 0 Å². The van der Waals surface area contributed by atoms with Gasteiger partial charge in [0.2, 0.25) is 5.91 Å². The molecular weight excluding hydrogens is 308 g/mol. The first kappa shape index (κ1) is 16.6. The lowest BCUT2D eigenvalue weighted by Gasteiger charge is -2.26. The summed E-state index contributed by atoms with van der Waals surface area (Å²) in [7, 11) is 0. The second kappa shape index (κ2) is 8.63. The van der Waals surface area contributed by atoms with Crippen LogP contribution in [0, 0.1) is 6.92 Å². The number of hydrogen-bond acceptors (Lipinski definition) is 4. The van der Waals surface area contributed by atoms with E-state index < -0.39 is 0 Å². The highest BCUT2D eigenvalue weighted by Crippen LogP contribution is 2.22. The highest BCUT2D eigenvalue weighted by Gasteiger charge is 2.10. The molecule has 1 N–H and O–H groups in total. The molecule has 1 saturated heterocycles. The lowest BCUT2D eigenvalue weighted by molar-refractivity contribution is -0.113. The molecule has 1 aromatic carbocycles. The first-order valence-electron chi connectivity index (χ1n) is 7.09. The van der Waals surface area contributed by atoms with E-state index in [1.807, 2.05) is 19.1 Å². The van der Waals surface area contributed by atoms with E-state index >= 15 is 0 Å². The van der Waals surface area contributed by atoms with Crippen LogP contribution in [-0.2, 0) is 9.53 Å². The van der Waals surface area contributed by atoms with E-state index in [-0.39, 0.29) is 5.91 Å². The lowest BCUT2D eigenvalue weighted by Crippen LogP contribution is -2.37. The summed E-state index contributed by atoms with van der Waals surface area (Å²) in [5.41, 5.74) is 1.77. The van der Waals surface area contributed by atoms with Crippen molar-refractivity contribution in [1.82, 2.24) is 4.90 Å². The molecule has 1 amide bonds. The van der Waals surface area contributed by atoms with Crippen molar-refractivity contribution in [3.63, 3.8) is 0 Å². The number of benzene rings is 1. The Labute approximate surface area is 135 Å². The molecule has 0 aliphatic carbocycles. The molecule has 1 fully saturated rings. The van der Waals surface area contributed by atoms with Crippen LogP contribution in [0.4, 0.5) is 5.69 Å². The predicted octanol–water partition coefficient (Wildman–Crippen LogP) is 2.65. The Balaban J connectivity index is 1.66. The summed E-state index contributed by atoms with van der Waals surface area (Å²) in [6.07, 6.45) is 0. The van der Waals surface area contributed by atoms with Crippen LogP contribution in [0.1, 0.15) is 5.56 Å². The fourth-order valence-corrected chi connectivity index (χ4v) is 3.06. The van der Waals surface area contributed by atoms with Gasteiger partial charge in [-0.25, -0.2) is 0 Å². The summed E-state index contributed by atoms with van der Waals surface area (Å²) in [4.78, 5) is 14.3. The van der Waals surface area contributed by atoms with E-state index in [0.717, 1.165) is 44.2 Å². The SMILES string of the molecule is Cc1ccc(Cl)c(NC(=O)CSCCN2CCOCC2)c1. The monoisotopic (exact) mass is 328 g/mol. The van der Waals surface area contributed by atoms with Gasteiger partial charge in [-0.05, 0) is 24.6 Å². The highest BCUT2D eigenvalue weighted by molar-refractivity contribution is 7.99. The normalized spacial score (nSPS) is 15.9. The van der Waals surface area contributed by atoms with Crippen molar-refractivity contribution in [1.29, 1.82) is 0 Å². The molecule has 0 radical (unpaired) electrons. The van der Waals surface area contributed by atoms with Crippen molar-refractivity contribution in [2.75, 3.05) is 49.7 Å². The fourth-order valence-electron chi connectivity index (χ4n) is 2.10. The maximum Gasteiger partial charge on any atom is 0.234 e. The van der Waals surface area contributed by atoms with E-state index in [1.165, 1.54) is 0 Å². The maximum atomic E-state index is 11.9. The predicted molar refractivity (Wildman–Crippen MR) is 89.4 cm³/mol. The first-order chi connectivity index (χ1) is 10.1. The molecule has 1 aliphatic rings. The van der Waals surface area contributed by atoms with Crippen molar-refractivity contribution >= 4 is 35.0 Å². The van der Waals surface area contributed by atoms with Crippen LogP contribution >= 0.6 is 23.4 Å². The number of amides is 1. The number of nitrogens with one attached hydrogen (secondary N) is 1. The largest absolute Gasteiger partial charge is 0.379 e. The van der Waals surface area contributed by atoms with Crippen molar-refractivity contribution < 1.29 is 9.53 Å². The summed E-state index contributed by atoms with van der Waals surface area (Å²) in [5.74, 6) is 1.40. The number of ether oxygens (including phenoxy) is 1. The standard InChI is InChI=1S/C15H21ClN2O2S/c1-12-2-3-13(16)14(10-12)17-15(19)11-21-9-6-18-4-7-20-8-5-18/h2-3,10H,4-9,11H2,1H3,(H,17,19). The lowest BCUT2D eigenvalue weighted by atomic mass is 10.2. The number of rotatable bonds is 6. The molecule has 116 valence electrons. The zero-order valence-electron chi connectivity index (χ0n) is 12.2. The average Bonchev–Trinajstić information content (AvgIpc) is 2.48. The van der Waals surface area contributed by atoms with Gasteiger partial charge in [-0.3, -0.25) is 9.69 Å². The summed E-state index contributed by atoms with van der Waals surface area (Å²) >= 11 is 7.71. The molecule has 2 rings (SSSR count). The molecule has 1 heterocycles. The van der Waals surface area contributed by atoms with Gasteiger partial charge in [-0.2, -0.15) is 11.8 Å². The molecule has 0 saturated carbocycles. The van der Waals surface area contributed by atoms with E-state index in [2.05, 4.69) is 10.2 Å². The third kappa shape index (κ3) is 5.87. The van der Waals surface area contributed by atoms with E-state index in [0.29, 0.717) is 16.5 Å². The van der Waals surface area contributed by atoms with Crippen molar-refractivity contribution in [2.45, 2.75) is 6.92 Å². The first-order valence-corrected chi connectivity index (χ1v) is 8.62. The Kier molecular flexibility index (Phi) is 6.83. The zero-order chi connectivity index (χ0) is 15.1. The van der Waals surface area contributed by atoms with Gasteiger partial charge in [0.25, 0.3) is 0 Å². The van der Waals surface area contributed by atoms with Crippen LogP contribution in [0.3, 0.4) is 0 Å². The number of anilines is 1. The van der Waals surface area contributed by atoms with Crippen LogP contribution in [-0.4, -0.2) is 55.2 Å². The van der Waals surface area contributed by atoms with Crippen molar-refractivity contribution in [3.05, 3.63) is 28.8 Å². The minimum absolute atomic E-state index is 0.00511. The topological polar surface area (TPSA) is 41.6 Å². The van der Waals surface area contributed by atoms with Crippen LogP contribution in [0.15, 0.2) is 18.2 Å². The Morgan fingerprint density at radius 3 is 2.95 bits per heavy atom. The molecule has 0 unspecified atom stereocenters. The van der Waals surface area contributed by atoms with E-state index in [4.69, 9.17) is 16.3 Å². The second-order valence-corrected chi connectivity index (χ2v) is 6.55. The van der Waals surface area contributed by atoms with Gasteiger partial charge >= 0.3 is 0 Å². The molecule has 21 heavy (non-hydrogen) atoms. The van der Waals surface area contributed by atoms with Gasteiger partial charge in [0.1, 0.15) is 0 Å². The molecule has 4 nitrogen and oxygen atoms in total. The van der Waals surface area contributed by atoms with Crippen LogP contribution in [0.5, 0.6) is 0 Å². The third-order valence-electron chi connectivity index (χ3n) is 3.28. The minimum Gasteiger partial charge on any atom is -0.379 e. The average molecular weight is 329 g/mol. The fraction of sp³-hybridized carbons (Fsp3) is 0.533. The minimum atomic E-state index is -0.00511. The smallest absolute Gasteiger partial charge is 0.234 e. The molecule has 0 atom stereocenters. The number of carbonyl (C=O) groups excluding carboxylic acids is 1. The molecule has 0 spiro atoms. The quantitative estimate of drug-likeness (QED) is 0.815. The van der Waals surface area contributed by atoms with E-state index in [9.17, 15) is 4.79 Å². The van der Waals surface area contributed by atoms with Gasteiger partial charge in [-0.15, -0.1) is 0 Å². The number of carbonyl (C=O) groups is 1. The van der Waals surface area contributed by atoms with Gasteiger partial charge in [0.15, 0.2) is 0 Å². The molecule has 1 aromatic rings. The summed E-state index contributed by atoms with van der Waals surface area (Å²) in [5, 5.41) is 3.44. The number of aryl methyl sites for hydroxylation is 1. The zero-order valence-corrected chi connectivity index (χ0v) is 13.8.